The van der Waals surface area contributed by atoms with E-state index in [-0.39, 0.29) is 16.2 Å². The van der Waals surface area contributed by atoms with Gasteiger partial charge in [0.1, 0.15) is 5.75 Å². The number of phenols is 1. The number of hydrogen-bond acceptors (Lipinski definition) is 5. The van der Waals surface area contributed by atoms with E-state index in [4.69, 9.17) is 0 Å². The molecule has 0 aliphatic carbocycles. The van der Waals surface area contributed by atoms with Crippen molar-refractivity contribution in [2.24, 2.45) is 0 Å². The highest BCUT2D eigenvalue weighted by Gasteiger charge is 2.16. The van der Waals surface area contributed by atoms with Gasteiger partial charge in [-0.2, -0.15) is 0 Å². The Labute approximate surface area is 144 Å². The van der Waals surface area contributed by atoms with E-state index in [1.807, 2.05) is 0 Å². The number of nitrogens with zero attached hydrogens (tertiary/aromatic N) is 2. The lowest BCUT2D eigenvalue weighted by molar-refractivity contribution is 0.471. The van der Waals surface area contributed by atoms with Crippen molar-refractivity contribution in [2.75, 3.05) is 6.26 Å². The highest BCUT2D eigenvalue weighted by atomic mass is 32.2. The molecule has 130 valence electrons. The van der Waals surface area contributed by atoms with Crippen LogP contribution in [0.3, 0.4) is 0 Å². The van der Waals surface area contributed by atoms with Crippen molar-refractivity contribution in [1.29, 1.82) is 0 Å². The summed E-state index contributed by atoms with van der Waals surface area (Å²) in [7, 11) is -3.35. The number of pyridine rings is 1. The zero-order valence-electron chi connectivity index (χ0n) is 13.9. The maximum Gasteiger partial charge on any atom is 0.280 e. The minimum Gasteiger partial charge on any atom is -0.508 e. The third kappa shape index (κ3) is 3.08. The van der Waals surface area contributed by atoms with Gasteiger partial charge in [-0.1, -0.05) is 6.07 Å². The second-order valence-corrected chi connectivity index (χ2v) is 7.89. The molecule has 2 aromatic heterocycles. The van der Waals surface area contributed by atoms with E-state index in [9.17, 15) is 18.3 Å². The molecular formula is C17H17N3O4S. The molecule has 2 N–H and O–H groups in total. The van der Waals surface area contributed by atoms with Gasteiger partial charge in [0, 0.05) is 18.1 Å². The van der Waals surface area contributed by atoms with Crippen LogP contribution in [0, 0.1) is 13.8 Å². The Balaban J connectivity index is 2.11. The number of sulfone groups is 1. The summed E-state index contributed by atoms with van der Waals surface area (Å²) in [5.41, 5.74) is 2.16. The van der Waals surface area contributed by atoms with Crippen molar-refractivity contribution >= 4 is 9.84 Å². The molecule has 0 aliphatic rings. The van der Waals surface area contributed by atoms with E-state index < -0.39 is 9.84 Å². The predicted molar refractivity (Wildman–Crippen MR) is 93.9 cm³/mol. The zero-order valence-corrected chi connectivity index (χ0v) is 14.8. The Morgan fingerprint density at radius 1 is 1.16 bits per heavy atom. The molecule has 7 nitrogen and oxygen atoms in total. The maximum atomic E-state index is 12.8. The largest absolute Gasteiger partial charge is 0.508 e. The Bertz CT molecular complexity index is 1110. The van der Waals surface area contributed by atoms with Crippen molar-refractivity contribution in [1.82, 2.24) is 14.8 Å². The molecule has 0 spiro atoms. The molecule has 8 heteroatoms. The van der Waals surface area contributed by atoms with Crippen molar-refractivity contribution < 1.29 is 13.5 Å². The van der Waals surface area contributed by atoms with Gasteiger partial charge in [-0.05, 0) is 49.2 Å². The number of aryl methyl sites for hydroxylation is 2. The average molecular weight is 359 g/mol. The summed E-state index contributed by atoms with van der Waals surface area (Å²) < 4.78 is 24.3. The average Bonchev–Trinajstić information content (AvgIpc) is 2.84. The molecule has 3 rings (SSSR count). The summed E-state index contributed by atoms with van der Waals surface area (Å²) in [5.74, 6) is 0.456. The number of aromatic amines is 1. The van der Waals surface area contributed by atoms with E-state index in [0.29, 0.717) is 28.2 Å². The zero-order chi connectivity index (χ0) is 18.4. The lowest BCUT2D eigenvalue weighted by Gasteiger charge is -2.03. The Morgan fingerprint density at radius 2 is 1.88 bits per heavy atom. The van der Waals surface area contributed by atoms with Crippen molar-refractivity contribution in [2.45, 2.75) is 18.7 Å². The third-order valence-electron chi connectivity index (χ3n) is 3.93. The summed E-state index contributed by atoms with van der Waals surface area (Å²) in [6.45, 7) is 3.52. The summed E-state index contributed by atoms with van der Waals surface area (Å²) in [5, 5.41) is 12.6. The Kier molecular flexibility index (Phi) is 4.00. The standard InChI is InChI=1S/C17H17N3O4S/c1-10-8-12(4-6-14(10)21)16-11(2)19-20(17(16)22)15-7-5-13(9-18-15)25(3,23)24/h4-9,19,21H,1-3H3. The molecule has 0 saturated carbocycles. The number of H-pyrrole nitrogens is 1. The molecule has 0 saturated heterocycles. The van der Waals surface area contributed by atoms with Crippen LogP contribution in [0.5, 0.6) is 5.75 Å². The quantitative estimate of drug-likeness (QED) is 0.744. The van der Waals surface area contributed by atoms with Crippen LogP contribution in [-0.4, -0.2) is 34.5 Å². The summed E-state index contributed by atoms with van der Waals surface area (Å²) >= 11 is 0. The van der Waals surface area contributed by atoms with Crippen molar-refractivity contribution in [3.05, 3.63) is 58.1 Å². The number of rotatable bonds is 3. The predicted octanol–water partition coefficient (Wildman–Crippen LogP) is 1.95. The Morgan fingerprint density at radius 3 is 2.44 bits per heavy atom. The first-order valence-corrected chi connectivity index (χ1v) is 9.35. The van der Waals surface area contributed by atoms with Crippen molar-refractivity contribution in [3.63, 3.8) is 0 Å². The van der Waals surface area contributed by atoms with Gasteiger partial charge in [0.25, 0.3) is 5.56 Å². The SMILES string of the molecule is Cc1cc(-c2c(C)[nH]n(-c3ccc(S(C)(=O)=O)cn3)c2=O)ccc1O. The summed E-state index contributed by atoms with van der Waals surface area (Å²) in [6, 6.07) is 7.83. The van der Waals surface area contributed by atoms with Gasteiger partial charge in [-0.15, -0.1) is 0 Å². The van der Waals surface area contributed by atoms with Crippen molar-refractivity contribution in [3.8, 4) is 22.7 Å². The number of benzene rings is 1. The lowest BCUT2D eigenvalue weighted by Crippen LogP contribution is -2.17. The van der Waals surface area contributed by atoms with Gasteiger partial charge in [0.2, 0.25) is 0 Å². The van der Waals surface area contributed by atoms with E-state index in [2.05, 4.69) is 10.1 Å². The van der Waals surface area contributed by atoms with E-state index in [0.717, 1.165) is 6.26 Å². The summed E-state index contributed by atoms with van der Waals surface area (Å²) in [4.78, 5) is 16.9. The first kappa shape index (κ1) is 17.0. The van der Waals surface area contributed by atoms with Crippen LogP contribution in [0.4, 0.5) is 0 Å². The van der Waals surface area contributed by atoms with Crippen LogP contribution in [0.2, 0.25) is 0 Å². The molecule has 2 heterocycles. The van der Waals surface area contributed by atoms with Gasteiger partial charge in [0.05, 0.1) is 10.5 Å². The number of aromatic nitrogens is 3. The fraction of sp³-hybridized carbons (Fsp3) is 0.176. The number of hydrogen-bond donors (Lipinski definition) is 2. The molecule has 0 fully saturated rings. The van der Waals surface area contributed by atoms with Crippen LogP contribution in [0.25, 0.3) is 16.9 Å². The number of nitrogens with one attached hydrogen (secondary N) is 1. The molecule has 0 atom stereocenters. The van der Waals surface area contributed by atoms with Crippen LogP contribution in [0.15, 0.2) is 46.2 Å². The number of aromatic hydroxyl groups is 1. The molecular weight excluding hydrogens is 342 g/mol. The number of phenolic OH excluding ortho intramolecular Hbond substituents is 1. The Hall–Kier alpha value is -2.87. The van der Waals surface area contributed by atoms with E-state index in [1.165, 1.54) is 23.0 Å². The smallest absolute Gasteiger partial charge is 0.280 e. The monoisotopic (exact) mass is 359 g/mol. The van der Waals surface area contributed by atoms with Gasteiger partial charge in [0.15, 0.2) is 15.7 Å². The molecule has 0 radical (unpaired) electrons. The fourth-order valence-electron chi connectivity index (χ4n) is 2.58. The maximum absolute atomic E-state index is 12.8. The second-order valence-electron chi connectivity index (χ2n) is 5.88. The van der Waals surface area contributed by atoms with Gasteiger partial charge >= 0.3 is 0 Å². The minimum absolute atomic E-state index is 0.0851. The van der Waals surface area contributed by atoms with Crippen LogP contribution < -0.4 is 5.56 Å². The highest BCUT2D eigenvalue weighted by molar-refractivity contribution is 7.90. The van der Waals surface area contributed by atoms with Crippen LogP contribution in [-0.2, 0) is 9.84 Å². The topological polar surface area (TPSA) is 105 Å². The first-order chi connectivity index (χ1) is 11.7. The third-order valence-corrected chi connectivity index (χ3v) is 5.03. The fourth-order valence-corrected chi connectivity index (χ4v) is 3.14. The van der Waals surface area contributed by atoms with Gasteiger partial charge < -0.3 is 5.11 Å². The molecule has 0 bridgehead atoms. The molecule has 1 aromatic carbocycles. The van der Waals surface area contributed by atoms with Gasteiger partial charge in [-0.3, -0.25) is 9.89 Å². The molecule has 0 unspecified atom stereocenters. The van der Waals surface area contributed by atoms with Crippen LogP contribution >= 0.6 is 0 Å². The molecule has 3 aromatic rings. The normalized spacial score (nSPS) is 11.6. The molecule has 25 heavy (non-hydrogen) atoms. The van der Waals surface area contributed by atoms with E-state index in [1.54, 1.807) is 32.0 Å². The summed E-state index contributed by atoms with van der Waals surface area (Å²) in [6.07, 6.45) is 2.32. The van der Waals surface area contributed by atoms with E-state index >= 15 is 0 Å². The highest BCUT2D eigenvalue weighted by Crippen LogP contribution is 2.25. The molecule has 0 aliphatic heterocycles. The first-order valence-electron chi connectivity index (χ1n) is 7.46. The molecule has 0 amide bonds. The minimum atomic E-state index is -3.35. The second kappa shape index (κ2) is 5.89. The lowest BCUT2D eigenvalue weighted by atomic mass is 10.0. The van der Waals surface area contributed by atoms with Gasteiger partial charge in [-0.25, -0.2) is 18.1 Å². The van der Waals surface area contributed by atoms with Crippen LogP contribution in [0.1, 0.15) is 11.3 Å².